The smallest absolute Gasteiger partial charge is 0.390 e. The summed E-state index contributed by atoms with van der Waals surface area (Å²) in [5.74, 6) is 0.290. The van der Waals surface area contributed by atoms with Gasteiger partial charge >= 0.3 is 15.6 Å². The number of aliphatic hydroxyl groups excluding tert-OH is 1. The fourth-order valence-corrected chi connectivity index (χ4v) is 4.31. The van der Waals surface area contributed by atoms with Gasteiger partial charge in [-0.15, -0.1) is 0 Å². The van der Waals surface area contributed by atoms with Crippen molar-refractivity contribution in [3.8, 4) is 0 Å². The Bertz CT molecular complexity index is 738. The van der Waals surface area contributed by atoms with Crippen molar-refractivity contribution < 1.29 is 42.5 Å². The van der Waals surface area contributed by atoms with E-state index in [2.05, 4.69) is 23.8 Å². The molecule has 26 heavy (non-hydrogen) atoms. The summed E-state index contributed by atoms with van der Waals surface area (Å²) in [4.78, 5) is 40.2. The van der Waals surface area contributed by atoms with Gasteiger partial charge in [-0.05, 0) is 0 Å². The number of phosphoric ester groups is 1. The number of ether oxygens (including phenoxy) is 1. The maximum atomic E-state index is 11.5. The third kappa shape index (κ3) is 4.36. The van der Waals surface area contributed by atoms with Crippen LogP contribution in [-0.2, 0) is 22.7 Å². The lowest BCUT2D eigenvalue weighted by Gasteiger charge is -2.30. The summed E-state index contributed by atoms with van der Waals surface area (Å²) in [6, 6.07) is -0.467. The second kappa shape index (κ2) is 7.08. The first kappa shape index (κ1) is 19.5. The lowest BCUT2D eigenvalue weighted by Crippen LogP contribution is -2.47. The van der Waals surface area contributed by atoms with Crippen molar-refractivity contribution in [2.24, 2.45) is 20.7 Å². The van der Waals surface area contributed by atoms with Crippen LogP contribution in [0.5, 0.6) is 0 Å². The largest absolute Gasteiger partial charge is 0.481 e. The molecule has 3 aliphatic heterocycles. The molecule has 14 nitrogen and oxygen atoms in total. The van der Waals surface area contributed by atoms with Crippen molar-refractivity contribution in [3.63, 3.8) is 0 Å². The van der Waals surface area contributed by atoms with E-state index in [1.807, 2.05) is 0 Å². The molecule has 16 heteroatoms. The minimum Gasteiger partial charge on any atom is -0.390 e. The molecule has 1 fully saturated rings. The number of aliphatic imine (C=N–C) groups is 3. The quantitative estimate of drug-likeness (QED) is 0.304. The normalized spacial score (nSPS) is 36.1. The summed E-state index contributed by atoms with van der Waals surface area (Å²) >= 11 is 0. The zero-order chi connectivity index (χ0) is 19.1. The van der Waals surface area contributed by atoms with E-state index in [0.717, 1.165) is 0 Å². The fraction of sp³-hybridized carbons (Fsp3) is 0.700. The van der Waals surface area contributed by atoms with Crippen LogP contribution in [0.4, 0.5) is 0 Å². The summed E-state index contributed by atoms with van der Waals surface area (Å²) in [6.07, 6.45) is -0.369. The maximum absolute atomic E-state index is 11.5. The number of hydrogen-bond donors (Lipinski definition) is 5. The predicted molar refractivity (Wildman–Crippen MR) is 86.2 cm³/mol. The molecule has 3 aliphatic rings. The van der Waals surface area contributed by atoms with Crippen molar-refractivity contribution in [1.82, 2.24) is 4.90 Å². The Labute approximate surface area is 146 Å². The highest BCUT2D eigenvalue weighted by molar-refractivity contribution is 7.60. The first-order valence-corrected chi connectivity index (χ1v) is 10.3. The van der Waals surface area contributed by atoms with E-state index in [9.17, 15) is 19.1 Å². The summed E-state index contributed by atoms with van der Waals surface area (Å²) in [5.41, 5.74) is 5.75. The first-order chi connectivity index (χ1) is 12.1. The molecule has 1 saturated heterocycles. The van der Waals surface area contributed by atoms with Gasteiger partial charge in [0.1, 0.15) is 30.5 Å². The molecule has 3 heterocycles. The average molecular weight is 413 g/mol. The molecule has 6 N–H and O–H groups in total. The molecular formula is C10H17N5O9P2. The van der Waals surface area contributed by atoms with Crippen LogP contribution in [0.15, 0.2) is 15.0 Å². The third-order valence-corrected chi connectivity index (χ3v) is 5.98. The number of nitrogens with two attached hydrogens (primary N) is 1. The van der Waals surface area contributed by atoms with Crippen molar-refractivity contribution in [1.29, 1.82) is 0 Å². The number of fused-ring (bicyclic) bond motifs is 1. The summed E-state index contributed by atoms with van der Waals surface area (Å²) in [5, 5.41) is 10.1. The van der Waals surface area contributed by atoms with Gasteiger partial charge in [-0.2, -0.15) is 4.31 Å². The van der Waals surface area contributed by atoms with E-state index >= 15 is 0 Å². The Morgan fingerprint density at radius 2 is 2.08 bits per heavy atom. The molecule has 0 aromatic carbocycles. The molecule has 0 aromatic heterocycles. The summed E-state index contributed by atoms with van der Waals surface area (Å²) in [7, 11) is -10.2. The van der Waals surface area contributed by atoms with Crippen LogP contribution in [0, 0.1) is 0 Å². The van der Waals surface area contributed by atoms with Gasteiger partial charge < -0.3 is 35.2 Å². The van der Waals surface area contributed by atoms with Crippen LogP contribution >= 0.6 is 15.6 Å². The highest BCUT2D eigenvalue weighted by atomic mass is 31.3. The minimum atomic E-state index is -5.22. The van der Waals surface area contributed by atoms with Crippen LogP contribution in [0.3, 0.4) is 0 Å². The van der Waals surface area contributed by atoms with Crippen LogP contribution in [0.2, 0.25) is 0 Å². The van der Waals surface area contributed by atoms with E-state index in [1.165, 1.54) is 12.7 Å². The highest BCUT2D eigenvalue weighted by Gasteiger charge is 2.45. The van der Waals surface area contributed by atoms with Gasteiger partial charge in [0.05, 0.1) is 19.0 Å². The highest BCUT2D eigenvalue weighted by Crippen LogP contribution is 2.57. The molecule has 0 radical (unpaired) electrons. The first-order valence-electron chi connectivity index (χ1n) is 7.29. The fourth-order valence-electron chi connectivity index (χ4n) is 2.71. The van der Waals surface area contributed by atoms with Crippen molar-refractivity contribution in [2.75, 3.05) is 6.61 Å². The molecule has 146 valence electrons. The summed E-state index contributed by atoms with van der Waals surface area (Å²) in [6.45, 7) is -0.628. The second-order valence-electron chi connectivity index (χ2n) is 5.66. The molecule has 0 aliphatic carbocycles. The molecule has 0 saturated carbocycles. The maximum Gasteiger partial charge on any atom is 0.481 e. The Kier molecular flexibility index (Phi) is 5.32. The number of aliphatic hydroxyl groups is 1. The Morgan fingerprint density at radius 1 is 1.35 bits per heavy atom. The lowest BCUT2D eigenvalue weighted by molar-refractivity contribution is -0.0618. The monoisotopic (exact) mass is 413 g/mol. The van der Waals surface area contributed by atoms with E-state index in [0.29, 0.717) is 0 Å². The van der Waals surface area contributed by atoms with Crippen LogP contribution in [0.25, 0.3) is 0 Å². The molecule has 0 spiro atoms. The Balaban J connectivity index is 1.58. The number of phosphoric acid groups is 2. The zero-order valence-electron chi connectivity index (χ0n) is 13.0. The van der Waals surface area contributed by atoms with Crippen LogP contribution in [0.1, 0.15) is 6.42 Å². The van der Waals surface area contributed by atoms with Gasteiger partial charge in [-0.1, -0.05) is 0 Å². The third-order valence-electron chi connectivity index (χ3n) is 3.83. The van der Waals surface area contributed by atoms with Gasteiger partial charge in [-0.25, -0.2) is 19.1 Å². The van der Waals surface area contributed by atoms with Crippen LogP contribution in [-0.4, -0.2) is 80.4 Å². The zero-order valence-corrected chi connectivity index (χ0v) is 14.8. The molecule has 0 bridgehead atoms. The molecule has 4 unspecified atom stereocenters. The standard InChI is InChI=1S/C10H17N5O9P2/c11-9-8-10(13-3-12-9)15(4-14-8)7-1-5(16)6(23-7)2-22-26(20,21)24-25(17,18)19/h3-8,10,16H,1-2H2,(H,20,21)(H2,11,12,13)(H2,17,18,19)/t5-,6?,7-,8?,10?/m1/s1. The summed E-state index contributed by atoms with van der Waals surface area (Å²) < 4.78 is 35.8. The van der Waals surface area contributed by atoms with Gasteiger partial charge in [-0.3, -0.25) is 9.52 Å². The van der Waals surface area contributed by atoms with E-state index in [1.54, 1.807) is 4.90 Å². The van der Waals surface area contributed by atoms with Gasteiger partial charge in [0.25, 0.3) is 0 Å². The van der Waals surface area contributed by atoms with Crippen molar-refractivity contribution >= 4 is 34.2 Å². The molecule has 3 rings (SSSR count). The molecular weight excluding hydrogens is 396 g/mol. The van der Waals surface area contributed by atoms with Crippen molar-refractivity contribution in [2.45, 2.75) is 37.1 Å². The van der Waals surface area contributed by atoms with E-state index in [-0.39, 0.29) is 12.3 Å². The number of nitrogens with zero attached hydrogens (tertiary/aromatic N) is 4. The number of rotatable bonds is 6. The SMILES string of the molecule is NC1=NC=NC2C1N=CN2[C@H]1C[C@@H](O)C(COP(=O)(O)OP(=O)(O)O)O1. The molecule has 6 atom stereocenters. The van der Waals surface area contributed by atoms with E-state index in [4.69, 9.17) is 20.3 Å². The minimum absolute atomic E-state index is 0.116. The Hall–Kier alpha value is -1.21. The van der Waals surface area contributed by atoms with Crippen molar-refractivity contribution in [3.05, 3.63) is 0 Å². The Morgan fingerprint density at radius 3 is 2.77 bits per heavy atom. The lowest BCUT2D eigenvalue weighted by atomic mass is 10.1. The predicted octanol–water partition coefficient (Wildman–Crippen LogP) is -1.87. The topological polar surface area (TPSA) is 209 Å². The number of amidine groups is 1. The molecule has 0 aromatic rings. The number of hydrogen-bond acceptors (Lipinski definition) is 11. The molecule has 0 amide bonds. The van der Waals surface area contributed by atoms with Gasteiger partial charge in [0.2, 0.25) is 0 Å². The average Bonchev–Trinajstić information content (AvgIpc) is 3.07. The van der Waals surface area contributed by atoms with Gasteiger partial charge in [0, 0.05) is 6.42 Å². The van der Waals surface area contributed by atoms with Gasteiger partial charge in [0.15, 0.2) is 6.17 Å². The second-order valence-corrected chi connectivity index (χ2v) is 8.49. The van der Waals surface area contributed by atoms with E-state index < -0.39 is 52.9 Å². The van der Waals surface area contributed by atoms with Crippen LogP contribution < -0.4 is 5.73 Å².